The Bertz CT molecular complexity index is 1120. The van der Waals surface area contributed by atoms with Crippen molar-refractivity contribution in [1.82, 2.24) is 0 Å². The predicted molar refractivity (Wildman–Crippen MR) is 142 cm³/mol. The van der Waals surface area contributed by atoms with Crippen molar-refractivity contribution < 1.29 is 38.4 Å². The number of rotatable bonds is 15. The maximum atomic E-state index is 12.5. The quantitative estimate of drug-likeness (QED) is 0.163. The summed E-state index contributed by atoms with van der Waals surface area (Å²) in [5.41, 5.74) is 2.30. The number of hydrogen-bond donors (Lipinski definition) is 1. The van der Waals surface area contributed by atoms with E-state index in [1.165, 1.54) is 0 Å². The molecule has 3 aromatic rings. The van der Waals surface area contributed by atoms with Crippen LogP contribution in [0.4, 0.5) is 0 Å². The average Bonchev–Trinajstić information content (AvgIpc) is 2.94. The second-order valence-corrected chi connectivity index (χ2v) is 8.54. The van der Waals surface area contributed by atoms with Crippen LogP contribution in [0, 0.1) is 5.92 Å². The molecular formula is C30H34O8. The zero-order valence-corrected chi connectivity index (χ0v) is 21.8. The summed E-state index contributed by atoms with van der Waals surface area (Å²) in [5.74, 6) is 0.499. The lowest BCUT2D eigenvalue weighted by Crippen LogP contribution is -2.18. The summed E-state index contributed by atoms with van der Waals surface area (Å²) in [6, 6.07) is 20.7. The highest BCUT2D eigenvalue weighted by Gasteiger charge is 2.11. The van der Waals surface area contributed by atoms with Crippen LogP contribution < -0.4 is 9.47 Å². The van der Waals surface area contributed by atoms with Crippen LogP contribution in [0.2, 0.25) is 0 Å². The van der Waals surface area contributed by atoms with Crippen LogP contribution in [0.15, 0.2) is 72.8 Å². The van der Waals surface area contributed by atoms with Gasteiger partial charge in [0.25, 0.3) is 0 Å². The minimum atomic E-state index is -0.466. The number of carbonyl (C=O) groups excluding carboxylic acids is 2. The highest BCUT2D eigenvalue weighted by molar-refractivity contribution is 5.91. The van der Waals surface area contributed by atoms with E-state index in [1.54, 1.807) is 48.5 Å². The molecule has 0 fully saturated rings. The van der Waals surface area contributed by atoms with E-state index < -0.39 is 5.97 Å². The molecule has 3 aromatic carbocycles. The number of phenols is 1. The van der Waals surface area contributed by atoms with Crippen LogP contribution in [0.3, 0.4) is 0 Å². The van der Waals surface area contributed by atoms with Crippen molar-refractivity contribution in [3.05, 3.63) is 78.4 Å². The molecular weight excluding hydrogens is 488 g/mol. The summed E-state index contributed by atoms with van der Waals surface area (Å²) in [4.78, 5) is 24.0. The number of benzene rings is 3. The van der Waals surface area contributed by atoms with Gasteiger partial charge in [0.05, 0.1) is 37.9 Å². The smallest absolute Gasteiger partial charge is 0.343 e. The minimum absolute atomic E-state index is 0.0922. The van der Waals surface area contributed by atoms with E-state index in [9.17, 15) is 14.7 Å². The highest BCUT2D eigenvalue weighted by Crippen LogP contribution is 2.24. The molecule has 3 rings (SSSR count). The highest BCUT2D eigenvalue weighted by atomic mass is 16.6. The van der Waals surface area contributed by atoms with Gasteiger partial charge >= 0.3 is 11.9 Å². The molecule has 1 unspecified atom stereocenters. The summed E-state index contributed by atoms with van der Waals surface area (Å²) in [7, 11) is 0. The fourth-order valence-electron chi connectivity index (χ4n) is 3.27. The molecule has 8 heteroatoms. The van der Waals surface area contributed by atoms with Gasteiger partial charge in [-0.15, -0.1) is 0 Å². The molecule has 0 aliphatic rings. The van der Waals surface area contributed by atoms with Crippen LogP contribution in [0.25, 0.3) is 11.1 Å². The van der Waals surface area contributed by atoms with Crippen LogP contribution in [-0.2, 0) is 19.0 Å². The molecule has 0 aliphatic heterocycles. The molecule has 0 amide bonds. The van der Waals surface area contributed by atoms with Gasteiger partial charge in [-0.3, -0.25) is 4.79 Å². The van der Waals surface area contributed by atoms with E-state index in [0.29, 0.717) is 50.1 Å². The number of esters is 2. The SMILES string of the molecule is CCC(C)C(=O)OCCOCCOCCOc1ccc(C(=O)Oc2ccc(-c3ccc(O)cc3)cc2)cc1. The van der Waals surface area contributed by atoms with Gasteiger partial charge in [-0.05, 0) is 66.1 Å². The molecule has 0 radical (unpaired) electrons. The third kappa shape index (κ3) is 9.53. The first-order valence-corrected chi connectivity index (χ1v) is 12.6. The van der Waals surface area contributed by atoms with Gasteiger partial charge in [-0.1, -0.05) is 38.1 Å². The van der Waals surface area contributed by atoms with Crippen molar-refractivity contribution in [1.29, 1.82) is 0 Å². The number of ether oxygens (including phenoxy) is 5. The first-order chi connectivity index (χ1) is 18.5. The molecule has 38 heavy (non-hydrogen) atoms. The van der Waals surface area contributed by atoms with Crippen molar-refractivity contribution in [2.24, 2.45) is 5.92 Å². The molecule has 202 valence electrons. The van der Waals surface area contributed by atoms with E-state index in [-0.39, 0.29) is 24.2 Å². The normalized spacial score (nSPS) is 11.5. The number of phenolic OH excluding ortho intramolecular Hbond substituents is 1. The van der Waals surface area contributed by atoms with Crippen molar-refractivity contribution in [3.63, 3.8) is 0 Å². The first-order valence-electron chi connectivity index (χ1n) is 12.6. The maximum absolute atomic E-state index is 12.5. The standard InChI is InChI=1S/C30H34O8/c1-3-22(2)29(32)37-21-19-35-17-16-34-18-20-36-27-12-8-25(9-13-27)30(33)38-28-14-6-24(7-15-28)23-4-10-26(31)11-5-23/h4-15,22,31H,3,16-21H2,1-2H3. The Morgan fingerprint density at radius 3 is 1.84 bits per heavy atom. The van der Waals surface area contributed by atoms with Crippen LogP contribution in [0.5, 0.6) is 17.2 Å². The fraction of sp³-hybridized carbons (Fsp3) is 0.333. The Kier molecular flexibility index (Phi) is 11.6. The lowest BCUT2D eigenvalue weighted by atomic mass is 10.1. The van der Waals surface area contributed by atoms with Crippen molar-refractivity contribution >= 4 is 11.9 Å². The molecule has 0 saturated carbocycles. The van der Waals surface area contributed by atoms with Crippen LogP contribution >= 0.6 is 0 Å². The van der Waals surface area contributed by atoms with Crippen molar-refractivity contribution in [3.8, 4) is 28.4 Å². The molecule has 0 aliphatic carbocycles. The fourth-order valence-corrected chi connectivity index (χ4v) is 3.27. The van der Waals surface area contributed by atoms with Crippen molar-refractivity contribution in [2.45, 2.75) is 20.3 Å². The summed E-state index contributed by atoms with van der Waals surface area (Å²) in [6.07, 6.45) is 0.756. The Morgan fingerprint density at radius 1 is 0.711 bits per heavy atom. The zero-order chi connectivity index (χ0) is 27.2. The van der Waals surface area contributed by atoms with Crippen LogP contribution in [0.1, 0.15) is 30.6 Å². The predicted octanol–water partition coefficient (Wildman–Crippen LogP) is 5.28. The lowest BCUT2D eigenvalue weighted by molar-refractivity contribution is -0.149. The molecule has 0 spiro atoms. The average molecular weight is 523 g/mol. The number of hydrogen-bond acceptors (Lipinski definition) is 8. The molecule has 0 heterocycles. The monoisotopic (exact) mass is 522 g/mol. The largest absolute Gasteiger partial charge is 0.508 e. The molecule has 8 nitrogen and oxygen atoms in total. The molecule has 0 bridgehead atoms. The molecule has 0 saturated heterocycles. The molecule has 0 aromatic heterocycles. The second-order valence-electron chi connectivity index (χ2n) is 8.54. The summed E-state index contributed by atoms with van der Waals surface area (Å²) < 4.78 is 27.0. The number of aromatic hydroxyl groups is 1. The van der Waals surface area contributed by atoms with Gasteiger partial charge in [-0.25, -0.2) is 4.79 Å². The molecule has 1 N–H and O–H groups in total. The Morgan fingerprint density at radius 2 is 1.24 bits per heavy atom. The van der Waals surface area contributed by atoms with Crippen LogP contribution in [-0.4, -0.2) is 56.7 Å². The Labute approximate surface area is 223 Å². The van der Waals surface area contributed by atoms with Gasteiger partial charge < -0.3 is 28.8 Å². The van der Waals surface area contributed by atoms with Gasteiger partial charge in [-0.2, -0.15) is 0 Å². The van der Waals surface area contributed by atoms with Gasteiger partial charge in [0.1, 0.15) is 30.5 Å². The summed E-state index contributed by atoms with van der Waals surface area (Å²) in [5, 5.41) is 9.42. The van der Waals surface area contributed by atoms with Crippen molar-refractivity contribution in [2.75, 3.05) is 39.6 Å². The summed E-state index contributed by atoms with van der Waals surface area (Å²) >= 11 is 0. The molecule has 1 atom stereocenters. The van der Waals surface area contributed by atoms with Gasteiger partial charge in [0.15, 0.2) is 0 Å². The van der Waals surface area contributed by atoms with E-state index in [1.807, 2.05) is 38.1 Å². The van der Waals surface area contributed by atoms with Gasteiger partial charge in [0, 0.05) is 0 Å². The first kappa shape index (κ1) is 28.7. The van der Waals surface area contributed by atoms with E-state index in [0.717, 1.165) is 17.5 Å². The Hall–Kier alpha value is -3.88. The third-order valence-corrected chi connectivity index (χ3v) is 5.71. The van der Waals surface area contributed by atoms with E-state index in [2.05, 4.69) is 0 Å². The Balaban J connectivity index is 1.29. The summed E-state index contributed by atoms with van der Waals surface area (Å²) in [6.45, 7) is 5.90. The lowest BCUT2D eigenvalue weighted by Gasteiger charge is -2.10. The van der Waals surface area contributed by atoms with E-state index in [4.69, 9.17) is 23.7 Å². The minimum Gasteiger partial charge on any atom is -0.508 e. The van der Waals surface area contributed by atoms with E-state index >= 15 is 0 Å². The van der Waals surface area contributed by atoms with Gasteiger partial charge in [0.2, 0.25) is 0 Å². The third-order valence-electron chi connectivity index (χ3n) is 5.71. The maximum Gasteiger partial charge on any atom is 0.343 e. The zero-order valence-electron chi connectivity index (χ0n) is 21.8. The number of carbonyl (C=O) groups is 2. The second kappa shape index (κ2) is 15.4. The topological polar surface area (TPSA) is 101 Å².